The molecule has 0 radical (unpaired) electrons. The van der Waals surface area contributed by atoms with Crippen LogP contribution in [-0.4, -0.2) is 35.7 Å². The standard InChI is InChI=1S/C19H35NO/c1-2-16-6-7-18(21)17(14-16)15-20-12-10-19(11-13-20)8-4-3-5-9-19/h16-18,21H,2-15H2,1H3. The van der Waals surface area contributed by atoms with Crippen LogP contribution >= 0.6 is 0 Å². The van der Waals surface area contributed by atoms with Gasteiger partial charge in [0.05, 0.1) is 6.10 Å². The van der Waals surface area contributed by atoms with Gasteiger partial charge in [-0.15, -0.1) is 0 Å². The van der Waals surface area contributed by atoms with Crippen LogP contribution in [0.25, 0.3) is 0 Å². The molecule has 2 heteroatoms. The van der Waals surface area contributed by atoms with Crippen molar-refractivity contribution < 1.29 is 5.11 Å². The van der Waals surface area contributed by atoms with Crippen LogP contribution in [0.1, 0.15) is 77.6 Å². The molecule has 0 amide bonds. The predicted molar refractivity (Wildman–Crippen MR) is 88.3 cm³/mol. The first-order valence-electron chi connectivity index (χ1n) is 9.61. The fourth-order valence-electron chi connectivity index (χ4n) is 5.26. The molecule has 3 aliphatic rings. The maximum absolute atomic E-state index is 10.3. The maximum atomic E-state index is 10.3. The second-order valence-corrected chi connectivity index (χ2v) is 8.28. The smallest absolute Gasteiger partial charge is 0.0580 e. The van der Waals surface area contributed by atoms with Gasteiger partial charge in [0.15, 0.2) is 0 Å². The third kappa shape index (κ3) is 3.82. The molecule has 3 rings (SSSR count). The van der Waals surface area contributed by atoms with Gasteiger partial charge in [-0.2, -0.15) is 0 Å². The van der Waals surface area contributed by atoms with E-state index in [9.17, 15) is 5.11 Å². The molecule has 122 valence electrons. The Bertz CT molecular complexity index is 314. The molecular weight excluding hydrogens is 258 g/mol. The average Bonchev–Trinajstić information content (AvgIpc) is 2.53. The Labute approximate surface area is 131 Å². The largest absolute Gasteiger partial charge is 0.393 e. The molecular formula is C19H35NO. The summed E-state index contributed by atoms with van der Waals surface area (Å²) in [4.78, 5) is 2.67. The first-order chi connectivity index (χ1) is 10.2. The van der Waals surface area contributed by atoms with Crippen LogP contribution < -0.4 is 0 Å². The molecule has 0 aromatic rings. The molecule has 1 spiro atoms. The molecule has 0 aromatic heterocycles. The van der Waals surface area contributed by atoms with E-state index in [1.807, 2.05) is 0 Å². The van der Waals surface area contributed by atoms with Crippen molar-refractivity contribution in [2.75, 3.05) is 19.6 Å². The molecule has 1 heterocycles. The Kier molecular flexibility index (Phi) is 5.27. The number of aliphatic hydroxyl groups excluding tert-OH is 1. The molecule has 2 nitrogen and oxygen atoms in total. The Morgan fingerprint density at radius 2 is 1.71 bits per heavy atom. The number of likely N-dealkylation sites (tertiary alicyclic amines) is 1. The maximum Gasteiger partial charge on any atom is 0.0580 e. The van der Waals surface area contributed by atoms with Crippen LogP contribution in [-0.2, 0) is 0 Å². The number of rotatable bonds is 3. The second kappa shape index (κ2) is 7.00. The molecule has 0 aromatic carbocycles. The monoisotopic (exact) mass is 293 g/mol. The first-order valence-corrected chi connectivity index (χ1v) is 9.61. The van der Waals surface area contributed by atoms with Crippen LogP contribution in [0.3, 0.4) is 0 Å². The minimum absolute atomic E-state index is 0.0293. The van der Waals surface area contributed by atoms with Crippen LogP contribution in [0, 0.1) is 17.3 Å². The van der Waals surface area contributed by atoms with Gasteiger partial charge < -0.3 is 10.0 Å². The van der Waals surface area contributed by atoms with E-state index in [1.165, 1.54) is 77.3 Å². The van der Waals surface area contributed by atoms with Gasteiger partial charge in [-0.25, -0.2) is 0 Å². The summed E-state index contributed by atoms with van der Waals surface area (Å²) in [5.74, 6) is 1.41. The Balaban J connectivity index is 1.48. The summed E-state index contributed by atoms with van der Waals surface area (Å²) >= 11 is 0. The van der Waals surface area contributed by atoms with E-state index >= 15 is 0 Å². The third-order valence-electron chi connectivity index (χ3n) is 6.95. The summed E-state index contributed by atoms with van der Waals surface area (Å²) in [6.07, 6.45) is 15.1. The minimum atomic E-state index is -0.0293. The summed E-state index contributed by atoms with van der Waals surface area (Å²) < 4.78 is 0. The number of aliphatic hydroxyl groups is 1. The van der Waals surface area contributed by atoms with Crippen molar-refractivity contribution in [1.29, 1.82) is 0 Å². The molecule has 21 heavy (non-hydrogen) atoms. The lowest BCUT2D eigenvalue weighted by Crippen LogP contribution is -2.45. The van der Waals surface area contributed by atoms with Crippen molar-refractivity contribution in [3.8, 4) is 0 Å². The Morgan fingerprint density at radius 1 is 1.00 bits per heavy atom. The van der Waals surface area contributed by atoms with Crippen molar-refractivity contribution in [2.24, 2.45) is 17.3 Å². The molecule has 2 aliphatic carbocycles. The topological polar surface area (TPSA) is 23.5 Å². The molecule has 3 atom stereocenters. The van der Waals surface area contributed by atoms with Gasteiger partial charge in [-0.3, -0.25) is 0 Å². The minimum Gasteiger partial charge on any atom is -0.393 e. The highest BCUT2D eigenvalue weighted by Crippen LogP contribution is 2.44. The van der Waals surface area contributed by atoms with Gasteiger partial charge in [0.2, 0.25) is 0 Å². The van der Waals surface area contributed by atoms with E-state index in [0.29, 0.717) is 11.3 Å². The summed E-state index contributed by atoms with van der Waals surface area (Å²) in [6.45, 7) is 6.06. The highest BCUT2D eigenvalue weighted by atomic mass is 16.3. The Morgan fingerprint density at radius 3 is 2.38 bits per heavy atom. The van der Waals surface area contributed by atoms with E-state index in [1.54, 1.807) is 0 Å². The fourth-order valence-corrected chi connectivity index (χ4v) is 5.26. The van der Waals surface area contributed by atoms with Crippen molar-refractivity contribution in [3.63, 3.8) is 0 Å². The van der Waals surface area contributed by atoms with Crippen LogP contribution in [0.15, 0.2) is 0 Å². The van der Waals surface area contributed by atoms with Crippen molar-refractivity contribution in [1.82, 2.24) is 4.90 Å². The van der Waals surface area contributed by atoms with Crippen molar-refractivity contribution in [2.45, 2.75) is 83.7 Å². The lowest BCUT2D eigenvalue weighted by atomic mass is 9.68. The van der Waals surface area contributed by atoms with Gasteiger partial charge in [0, 0.05) is 6.54 Å². The van der Waals surface area contributed by atoms with E-state index in [-0.39, 0.29) is 6.10 Å². The molecule has 1 aliphatic heterocycles. The van der Waals surface area contributed by atoms with E-state index in [4.69, 9.17) is 0 Å². The van der Waals surface area contributed by atoms with Gasteiger partial charge in [0.1, 0.15) is 0 Å². The average molecular weight is 293 g/mol. The van der Waals surface area contributed by atoms with Gasteiger partial charge in [-0.1, -0.05) is 32.6 Å². The fraction of sp³-hybridized carbons (Fsp3) is 1.00. The predicted octanol–water partition coefficient (Wildman–Crippen LogP) is 4.22. The SMILES string of the molecule is CCC1CCC(O)C(CN2CCC3(CCCCC3)CC2)C1. The molecule has 2 saturated carbocycles. The zero-order chi connectivity index (χ0) is 14.7. The number of nitrogens with zero attached hydrogens (tertiary/aromatic N) is 1. The normalized spacial score (nSPS) is 37.7. The molecule has 1 saturated heterocycles. The van der Waals surface area contributed by atoms with Gasteiger partial charge in [0.25, 0.3) is 0 Å². The molecule has 1 N–H and O–H groups in total. The second-order valence-electron chi connectivity index (χ2n) is 8.28. The van der Waals surface area contributed by atoms with Gasteiger partial charge in [-0.05, 0) is 75.3 Å². The summed E-state index contributed by atoms with van der Waals surface area (Å²) in [5, 5.41) is 10.3. The zero-order valence-corrected chi connectivity index (χ0v) is 14.0. The first kappa shape index (κ1) is 15.8. The van der Waals surface area contributed by atoms with Crippen molar-refractivity contribution >= 4 is 0 Å². The lowest BCUT2D eigenvalue weighted by Gasteiger charge is -2.46. The number of hydrogen-bond donors (Lipinski definition) is 1. The van der Waals surface area contributed by atoms with Crippen LogP contribution in [0.5, 0.6) is 0 Å². The van der Waals surface area contributed by atoms with Gasteiger partial charge >= 0.3 is 0 Å². The summed E-state index contributed by atoms with van der Waals surface area (Å²) in [7, 11) is 0. The molecule has 3 unspecified atom stereocenters. The van der Waals surface area contributed by atoms with Crippen molar-refractivity contribution in [3.05, 3.63) is 0 Å². The van der Waals surface area contributed by atoms with Crippen LogP contribution in [0.4, 0.5) is 0 Å². The highest BCUT2D eigenvalue weighted by Gasteiger charge is 2.37. The molecule has 3 fully saturated rings. The number of piperidine rings is 1. The Hall–Kier alpha value is -0.0800. The third-order valence-corrected chi connectivity index (χ3v) is 6.95. The van der Waals surface area contributed by atoms with Crippen LogP contribution in [0.2, 0.25) is 0 Å². The quantitative estimate of drug-likeness (QED) is 0.842. The summed E-state index contributed by atoms with van der Waals surface area (Å²) in [5.41, 5.74) is 0.714. The number of hydrogen-bond acceptors (Lipinski definition) is 2. The van der Waals surface area contributed by atoms with E-state index < -0.39 is 0 Å². The highest BCUT2D eigenvalue weighted by molar-refractivity contribution is 4.90. The summed E-state index contributed by atoms with van der Waals surface area (Å²) in [6, 6.07) is 0. The lowest BCUT2D eigenvalue weighted by molar-refractivity contribution is 0.00501. The zero-order valence-electron chi connectivity index (χ0n) is 14.0. The van der Waals surface area contributed by atoms with E-state index in [0.717, 1.165) is 18.9 Å². The molecule has 0 bridgehead atoms. The van der Waals surface area contributed by atoms with E-state index in [2.05, 4.69) is 11.8 Å².